The van der Waals surface area contributed by atoms with Crippen LogP contribution in [0, 0.1) is 11.8 Å². The summed E-state index contributed by atoms with van der Waals surface area (Å²) in [5.74, 6) is 1.34. The molecule has 0 aliphatic heterocycles. The van der Waals surface area contributed by atoms with E-state index in [0.717, 1.165) is 25.4 Å². The van der Waals surface area contributed by atoms with Gasteiger partial charge in [0.15, 0.2) is 0 Å². The van der Waals surface area contributed by atoms with E-state index in [1.165, 1.54) is 161 Å². The maximum Gasteiger partial charge on any atom is 0.0901 e. The highest BCUT2D eigenvalue weighted by Crippen LogP contribution is 2.20. The van der Waals surface area contributed by atoms with Gasteiger partial charge >= 0.3 is 0 Å². The molecule has 0 spiro atoms. The summed E-state index contributed by atoms with van der Waals surface area (Å²) in [5.41, 5.74) is 0. The molecule has 0 N–H and O–H groups in total. The molecule has 0 aromatic carbocycles. The number of rotatable bonds is 35. The second kappa shape index (κ2) is 38.7. The Kier molecular flexibility index (Phi) is 37.4. The molecule has 0 heterocycles. The highest BCUT2D eigenvalue weighted by molar-refractivity contribution is 4.93. The minimum absolute atomic E-state index is 0.615. The molecule has 1 atom stereocenters. The van der Waals surface area contributed by atoms with E-state index in [-0.39, 0.29) is 0 Å². The van der Waals surface area contributed by atoms with Gasteiger partial charge in [0.1, 0.15) is 0 Å². The van der Waals surface area contributed by atoms with Crippen LogP contribution in [0.3, 0.4) is 0 Å². The average Bonchev–Trinajstić information content (AvgIpc) is 3.05. The smallest absolute Gasteiger partial charge is 0.0901 e. The summed E-state index contributed by atoms with van der Waals surface area (Å²) < 4.78 is 6.03. The molecule has 0 aromatic rings. The Morgan fingerprint density at radius 3 is 1.22 bits per heavy atom. The monoisotopic (exact) mass is 625 g/mol. The molecular weight excluding hydrogens is 544 g/mol. The molecule has 0 bridgehead atoms. The average molecular weight is 625 g/mol. The van der Waals surface area contributed by atoms with E-state index in [1.807, 2.05) is 6.26 Å². The first-order valence-corrected chi connectivity index (χ1v) is 20.1. The highest BCUT2D eigenvalue weighted by atomic mass is 16.5. The van der Waals surface area contributed by atoms with E-state index in [4.69, 9.17) is 4.74 Å². The molecule has 0 saturated heterocycles. The van der Waals surface area contributed by atoms with Crippen molar-refractivity contribution < 1.29 is 4.74 Å². The quantitative estimate of drug-likeness (QED) is 0.0387. The van der Waals surface area contributed by atoms with E-state index in [9.17, 15) is 0 Å². The Morgan fingerprint density at radius 2 is 0.822 bits per heavy atom. The predicted molar refractivity (Wildman–Crippen MR) is 206 cm³/mol. The van der Waals surface area contributed by atoms with Crippen molar-refractivity contribution in [2.45, 2.75) is 201 Å². The number of allylic oxidation sites excluding steroid dienone is 9. The first-order chi connectivity index (χ1) is 22.2. The summed E-state index contributed by atoms with van der Waals surface area (Å²) in [6, 6.07) is 0. The zero-order valence-corrected chi connectivity index (χ0v) is 31.1. The van der Waals surface area contributed by atoms with Gasteiger partial charge in [-0.05, 0) is 101 Å². The molecule has 45 heavy (non-hydrogen) atoms. The molecule has 0 fully saturated rings. The lowest BCUT2D eigenvalue weighted by Crippen LogP contribution is -2.08. The third-order valence-electron chi connectivity index (χ3n) is 9.11. The fourth-order valence-corrected chi connectivity index (χ4v) is 5.67. The van der Waals surface area contributed by atoms with Crippen LogP contribution in [0.1, 0.15) is 201 Å². The van der Waals surface area contributed by atoms with Gasteiger partial charge in [0.25, 0.3) is 0 Å². The molecule has 0 rings (SSSR count). The van der Waals surface area contributed by atoms with Gasteiger partial charge < -0.3 is 4.74 Å². The van der Waals surface area contributed by atoms with Gasteiger partial charge in [0.05, 0.1) is 12.9 Å². The van der Waals surface area contributed by atoms with Gasteiger partial charge in [-0.3, -0.25) is 0 Å². The van der Waals surface area contributed by atoms with Gasteiger partial charge in [-0.25, -0.2) is 0 Å². The highest BCUT2D eigenvalue weighted by Gasteiger charge is 2.09. The Labute approximate surface area is 284 Å². The van der Waals surface area contributed by atoms with Crippen molar-refractivity contribution in [1.82, 2.24) is 0 Å². The minimum atomic E-state index is 0.615. The zero-order valence-electron chi connectivity index (χ0n) is 31.1. The summed E-state index contributed by atoms with van der Waals surface area (Å²) in [6.45, 7) is 9.97. The summed E-state index contributed by atoms with van der Waals surface area (Å²) in [4.78, 5) is 0. The Balaban J connectivity index is 3.93. The SMILES string of the molecule is CCCCC/C=C\C/C=C\CCCCCCCCC(CCCCCCCC/C=C\C/C=C\CCCCC)CO/C=C/C(C)CC. The van der Waals surface area contributed by atoms with Crippen LogP contribution in [-0.2, 0) is 4.74 Å². The standard InChI is InChI=1S/C44H80O/c1-5-8-10-12-14-16-18-20-22-24-26-28-30-32-34-36-38-44(42-45-41-40-43(4)7-3)39-37-35-33-31-29-27-25-23-21-19-17-15-13-11-9-6-2/h14-17,20-23,40-41,43-44H,5-13,18-19,24-39,42H2,1-4H3/b16-14-,17-15-,22-20-,23-21-,41-40+. The van der Waals surface area contributed by atoms with Crippen LogP contribution in [0.5, 0.6) is 0 Å². The van der Waals surface area contributed by atoms with Crippen molar-refractivity contribution >= 4 is 0 Å². The van der Waals surface area contributed by atoms with Crippen molar-refractivity contribution in [3.05, 3.63) is 60.9 Å². The van der Waals surface area contributed by atoms with E-state index in [2.05, 4.69) is 82.4 Å². The lowest BCUT2D eigenvalue weighted by Gasteiger charge is -2.17. The number of hydrogen-bond donors (Lipinski definition) is 0. The topological polar surface area (TPSA) is 9.23 Å². The molecule has 1 nitrogen and oxygen atoms in total. The van der Waals surface area contributed by atoms with Gasteiger partial charge in [-0.2, -0.15) is 0 Å². The molecule has 0 aromatic heterocycles. The number of hydrogen-bond acceptors (Lipinski definition) is 1. The van der Waals surface area contributed by atoms with Gasteiger partial charge in [0.2, 0.25) is 0 Å². The normalized spacial score (nSPS) is 13.3. The maximum absolute atomic E-state index is 6.03. The van der Waals surface area contributed by atoms with Crippen LogP contribution in [0.2, 0.25) is 0 Å². The van der Waals surface area contributed by atoms with Gasteiger partial charge in [-0.15, -0.1) is 0 Å². The van der Waals surface area contributed by atoms with Crippen molar-refractivity contribution in [3.63, 3.8) is 0 Å². The first kappa shape index (κ1) is 43.5. The van der Waals surface area contributed by atoms with Gasteiger partial charge in [-0.1, -0.05) is 166 Å². The fourth-order valence-electron chi connectivity index (χ4n) is 5.67. The summed E-state index contributed by atoms with van der Waals surface area (Å²) in [7, 11) is 0. The lowest BCUT2D eigenvalue weighted by molar-refractivity contribution is 0.175. The molecule has 0 aliphatic rings. The molecule has 0 saturated carbocycles. The second-order valence-electron chi connectivity index (χ2n) is 13.7. The Bertz CT molecular complexity index is 648. The molecule has 0 amide bonds. The second-order valence-corrected chi connectivity index (χ2v) is 13.7. The van der Waals surface area contributed by atoms with Crippen molar-refractivity contribution in [3.8, 4) is 0 Å². The molecule has 262 valence electrons. The maximum atomic E-state index is 6.03. The van der Waals surface area contributed by atoms with Crippen LogP contribution in [0.25, 0.3) is 0 Å². The first-order valence-electron chi connectivity index (χ1n) is 20.1. The molecule has 1 unspecified atom stereocenters. The zero-order chi connectivity index (χ0) is 32.7. The third kappa shape index (κ3) is 36.8. The minimum Gasteiger partial charge on any atom is -0.501 e. The lowest BCUT2D eigenvalue weighted by atomic mass is 9.94. The fraction of sp³-hybridized carbons (Fsp3) is 0.773. The van der Waals surface area contributed by atoms with E-state index in [1.54, 1.807) is 0 Å². The van der Waals surface area contributed by atoms with E-state index < -0.39 is 0 Å². The predicted octanol–water partition coefficient (Wildman–Crippen LogP) is 15.6. The van der Waals surface area contributed by atoms with Crippen LogP contribution in [-0.4, -0.2) is 6.61 Å². The number of unbranched alkanes of at least 4 members (excludes halogenated alkanes) is 18. The largest absolute Gasteiger partial charge is 0.501 e. The summed E-state index contributed by atoms with van der Waals surface area (Å²) in [5, 5.41) is 0. The molecule has 0 aliphatic carbocycles. The summed E-state index contributed by atoms with van der Waals surface area (Å²) in [6.07, 6.45) is 58.8. The Morgan fingerprint density at radius 1 is 0.444 bits per heavy atom. The van der Waals surface area contributed by atoms with E-state index in [0.29, 0.717) is 5.92 Å². The van der Waals surface area contributed by atoms with Crippen molar-refractivity contribution in [1.29, 1.82) is 0 Å². The summed E-state index contributed by atoms with van der Waals surface area (Å²) >= 11 is 0. The molecule has 1 heteroatoms. The van der Waals surface area contributed by atoms with E-state index >= 15 is 0 Å². The Hall–Kier alpha value is -1.50. The third-order valence-corrected chi connectivity index (χ3v) is 9.11. The van der Waals surface area contributed by atoms with Crippen LogP contribution >= 0.6 is 0 Å². The molecular formula is C44H80O. The van der Waals surface area contributed by atoms with Crippen molar-refractivity contribution in [2.75, 3.05) is 6.61 Å². The van der Waals surface area contributed by atoms with Crippen LogP contribution < -0.4 is 0 Å². The van der Waals surface area contributed by atoms with Crippen LogP contribution in [0.4, 0.5) is 0 Å². The van der Waals surface area contributed by atoms with Gasteiger partial charge in [0, 0.05) is 0 Å². The number of ether oxygens (including phenoxy) is 1. The van der Waals surface area contributed by atoms with Crippen LogP contribution in [0.15, 0.2) is 60.9 Å². The molecule has 0 radical (unpaired) electrons. The van der Waals surface area contributed by atoms with Crippen molar-refractivity contribution in [2.24, 2.45) is 11.8 Å².